The largest absolute Gasteiger partial charge is 0.497 e. The zero-order valence-corrected chi connectivity index (χ0v) is 18.4. The lowest BCUT2D eigenvalue weighted by Crippen LogP contribution is -2.24. The van der Waals surface area contributed by atoms with Gasteiger partial charge in [0.2, 0.25) is 5.91 Å². The highest BCUT2D eigenvalue weighted by atomic mass is 32.2. The highest BCUT2D eigenvalue weighted by molar-refractivity contribution is 7.99. The van der Waals surface area contributed by atoms with Crippen LogP contribution in [-0.4, -0.2) is 39.3 Å². The van der Waals surface area contributed by atoms with Crippen LogP contribution in [-0.2, 0) is 11.3 Å². The summed E-state index contributed by atoms with van der Waals surface area (Å²) in [5.41, 5.74) is 2.19. The number of anilines is 1. The van der Waals surface area contributed by atoms with Gasteiger partial charge in [0, 0.05) is 18.4 Å². The van der Waals surface area contributed by atoms with Gasteiger partial charge in [-0.05, 0) is 48.0 Å². The number of halogens is 1. The van der Waals surface area contributed by atoms with Crippen molar-refractivity contribution in [3.8, 4) is 5.75 Å². The third-order valence-electron chi connectivity index (χ3n) is 4.70. The molecule has 10 heteroatoms. The Morgan fingerprint density at radius 3 is 2.67 bits per heavy atom. The second kappa shape index (κ2) is 10.1. The molecule has 0 aliphatic heterocycles. The van der Waals surface area contributed by atoms with E-state index in [4.69, 9.17) is 4.74 Å². The molecule has 0 radical (unpaired) electrons. The van der Waals surface area contributed by atoms with E-state index in [1.54, 1.807) is 35.9 Å². The molecule has 4 aromatic rings. The van der Waals surface area contributed by atoms with Crippen LogP contribution in [0.1, 0.15) is 15.9 Å². The number of hydrogen-bond acceptors (Lipinski definition) is 6. The molecule has 0 bridgehead atoms. The number of benzene rings is 2. The third-order valence-corrected chi connectivity index (χ3v) is 5.64. The van der Waals surface area contributed by atoms with Crippen LogP contribution in [0.4, 0.5) is 10.1 Å². The second-order valence-corrected chi connectivity index (χ2v) is 7.95. The fraction of sp³-hybridized carbons (Fsp3) is 0.130. The summed E-state index contributed by atoms with van der Waals surface area (Å²) < 4.78 is 20.1. The lowest BCUT2D eigenvalue weighted by Gasteiger charge is -2.07. The van der Waals surface area contributed by atoms with Gasteiger partial charge in [-0.3, -0.25) is 14.0 Å². The van der Waals surface area contributed by atoms with Gasteiger partial charge in [0.05, 0.1) is 18.4 Å². The summed E-state index contributed by atoms with van der Waals surface area (Å²) in [6.45, 7) is 0.397. The molecular formula is C23H20FN5O3S. The minimum absolute atomic E-state index is 0.136. The molecule has 0 saturated heterocycles. The zero-order valence-electron chi connectivity index (χ0n) is 17.6. The van der Waals surface area contributed by atoms with E-state index >= 15 is 0 Å². The number of carbonyl (C=O) groups excluding carboxylic acids is 2. The topological polar surface area (TPSA) is 97.6 Å². The maximum atomic E-state index is 13.4. The Morgan fingerprint density at radius 2 is 1.91 bits per heavy atom. The molecular weight excluding hydrogens is 445 g/mol. The number of nitrogens with zero attached hydrogens (tertiary/aromatic N) is 3. The minimum Gasteiger partial charge on any atom is -0.497 e. The van der Waals surface area contributed by atoms with Gasteiger partial charge in [-0.25, -0.2) is 4.39 Å². The molecule has 0 fully saturated rings. The smallest absolute Gasteiger partial charge is 0.257 e. The van der Waals surface area contributed by atoms with Crippen molar-refractivity contribution in [1.82, 2.24) is 19.9 Å². The van der Waals surface area contributed by atoms with Gasteiger partial charge >= 0.3 is 0 Å². The molecule has 2 aromatic heterocycles. The van der Waals surface area contributed by atoms with Crippen LogP contribution in [0, 0.1) is 5.82 Å². The Kier molecular flexibility index (Phi) is 6.84. The van der Waals surface area contributed by atoms with E-state index in [9.17, 15) is 14.0 Å². The number of nitrogens with one attached hydrogen (secondary N) is 2. The summed E-state index contributed by atoms with van der Waals surface area (Å²) in [6.07, 6.45) is 1.58. The highest BCUT2D eigenvalue weighted by Gasteiger charge is 2.13. The third kappa shape index (κ3) is 5.66. The number of fused-ring (bicyclic) bond motifs is 1. The molecule has 0 atom stereocenters. The van der Waals surface area contributed by atoms with Crippen LogP contribution in [0.5, 0.6) is 5.75 Å². The van der Waals surface area contributed by atoms with Gasteiger partial charge in [0.15, 0.2) is 10.8 Å². The van der Waals surface area contributed by atoms with Gasteiger partial charge in [0.1, 0.15) is 11.6 Å². The van der Waals surface area contributed by atoms with Gasteiger partial charge in [0.25, 0.3) is 5.91 Å². The van der Waals surface area contributed by atoms with Crippen LogP contribution < -0.4 is 15.4 Å². The predicted octanol–water partition coefficient (Wildman–Crippen LogP) is 3.54. The molecule has 33 heavy (non-hydrogen) atoms. The summed E-state index contributed by atoms with van der Waals surface area (Å²) in [7, 11) is 1.60. The van der Waals surface area contributed by atoms with Crippen molar-refractivity contribution >= 4 is 34.9 Å². The van der Waals surface area contributed by atoms with E-state index in [-0.39, 0.29) is 11.7 Å². The molecule has 2 N–H and O–H groups in total. The average Bonchev–Trinajstić information content (AvgIpc) is 3.24. The number of hydrogen-bond donors (Lipinski definition) is 2. The summed E-state index contributed by atoms with van der Waals surface area (Å²) in [5.74, 6) is -0.109. The van der Waals surface area contributed by atoms with Crippen LogP contribution in [0.15, 0.2) is 72.0 Å². The molecule has 2 amide bonds. The Hall–Kier alpha value is -3.92. The SMILES string of the molecule is COc1ccc(CNC(=O)CSc2nnc3ccc(C(=O)Nc4cccc(F)c4)cn23)cc1. The van der Waals surface area contributed by atoms with Crippen molar-refractivity contribution in [2.45, 2.75) is 11.7 Å². The Bertz CT molecular complexity index is 1290. The molecule has 168 valence electrons. The molecule has 0 unspecified atom stereocenters. The highest BCUT2D eigenvalue weighted by Crippen LogP contribution is 2.19. The number of thioether (sulfide) groups is 1. The summed E-state index contributed by atoms with van der Waals surface area (Å²) in [6, 6.07) is 16.4. The standard InChI is InChI=1S/C23H20FN5O3S/c1-32-19-8-5-15(6-9-19)12-25-21(30)14-33-23-28-27-20-10-7-16(13-29(20)23)22(31)26-18-4-2-3-17(24)11-18/h2-11,13H,12,14H2,1H3,(H,25,30)(H,26,31). The molecule has 8 nitrogen and oxygen atoms in total. The Labute approximate surface area is 193 Å². The molecule has 0 saturated carbocycles. The van der Waals surface area contributed by atoms with Crippen molar-refractivity contribution in [1.29, 1.82) is 0 Å². The normalized spacial score (nSPS) is 10.7. The monoisotopic (exact) mass is 465 g/mol. The molecule has 0 spiro atoms. The summed E-state index contributed by atoms with van der Waals surface area (Å²) >= 11 is 1.21. The summed E-state index contributed by atoms with van der Waals surface area (Å²) in [4.78, 5) is 24.8. The fourth-order valence-electron chi connectivity index (χ4n) is 3.00. The number of pyridine rings is 1. The quantitative estimate of drug-likeness (QED) is 0.387. The first-order valence-electron chi connectivity index (χ1n) is 9.96. The molecule has 0 aliphatic rings. The fourth-order valence-corrected chi connectivity index (χ4v) is 3.74. The van der Waals surface area contributed by atoms with Crippen molar-refractivity contribution < 1.29 is 18.7 Å². The summed E-state index contributed by atoms with van der Waals surface area (Å²) in [5, 5.41) is 14.2. The van der Waals surface area contributed by atoms with E-state index in [1.807, 2.05) is 24.3 Å². The zero-order chi connectivity index (χ0) is 23.2. The average molecular weight is 466 g/mol. The van der Waals surface area contributed by atoms with Crippen LogP contribution in [0.2, 0.25) is 0 Å². The maximum absolute atomic E-state index is 13.4. The van der Waals surface area contributed by atoms with E-state index in [0.29, 0.717) is 28.6 Å². The molecule has 4 rings (SSSR count). The van der Waals surface area contributed by atoms with Gasteiger partial charge in [-0.15, -0.1) is 10.2 Å². The van der Waals surface area contributed by atoms with Crippen molar-refractivity contribution in [3.05, 3.63) is 83.8 Å². The first kappa shape index (κ1) is 22.3. The predicted molar refractivity (Wildman–Crippen MR) is 123 cm³/mol. The first-order valence-corrected chi connectivity index (χ1v) is 10.9. The molecule has 2 aromatic carbocycles. The number of carbonyl (C=O) groups is 2. The van der Waals surface area contributed by atoms with E-state index in [0.717, 1.165) is 11.3 Å². The first-order chi connectivity index (χ1) is 16.0. The van der Waals surface area contributed by atoms with E-state index in [1.165, 1.54) is 30.0 Å². The van der Waals surface area contributed by atoms with Crippen molar-refractivity contribution in [2.75, 3.05) is 18.2 Å². The van der Waals surface area contributed by atoms with Gasteiger partial charge in [-0.1, -0.05) is 30.0 Å². The number of ether oxygens (including phenoxy) is 1. The second-order valence-electron chi connectivity index (χ2n) is 7.01. The van der Waals surface area contributed by atoms with Crippen LogP contribution in [0.25, 0.3) is 5.65 Å². The van der Waals surface area contributed by atoms with Crippen molar-refractivity contribution in [3.63, 3.8) is 0 Å². The maximum Gasteiger partial charge on any atom is 0.257 e. The van der Waals surface area contributed by atoms with E-state index < -0.39 is 11.7 Å². The lowest BCUT2D eigenvalue weighted by atomic mass is 10.2. The number of methoxy groups -OCH3 is 1. The van der Waals surface area contributed by atoms with Crippen molar-refractivity contribution in [2.24, 2.45) is 0 Å². The Morgan fingerprint density at radius 1 is 1.09 bits per heavy atom. The number of aromatic nitrogens is 3. The van der Waals surface area contributed by atoms with Gasteiger partial charge in [-0.2, -0.15) is 0 Å². The molecule has 0 aliphatic carbocycles. The van der Waals surface area contributed by atoms with Crippen LogP contribution in [0.3, 0.4) is 0 Å². The Balaban J connectivity index is 1.37. The number of amides is 2. The minimum atomic E-state index is -0.439. The van der Waals surface area contributed by atoms with Crippen LogP contribution >= 0.6 is 11.8 Å². The molecule has 2 heterocycles. The van der Waals surface area contributed by atoms with Gasteiger partial charge < -0.3 is 15.4 Å². The lowest BCUT2D eigenvalue weighted by molar-refractivity contribution is -0.118. The van der Waals surface area contributed by atoms with E-state index in [2.05, 4.69) is 20.8 Å². The number of rotatable bonds is 8.